The molecular formula is C14H21N3O3. The zero-order valence-electron chi connectivity index (χ0n) is 11.9. The Hall–Kier alpha value is -1.40. The Bertz CT molecular complexity index is 522. The molecule has 110 valence electrons. The maximum atomic E-state index is 12.4. The Morgan fingerprint density at radius 2 is 2.30 bits per heavy atom. The molecule has 1 aromatic rings. The molecule has 6 heteroatoms. The van der Waals surface area contributed by atoms with Crippen molar-refractivity contribution in [2.24, 2.45) is 0 Å². The van der Waals surface area contributed by atoms with Gasteiger partial charge in [0.25, 0.3) is 5.91 Å². The van der Waals surface area contributed by atoms with Gasteiger partial charge in [0.05, 0.1) is 17.9 Å². The molecule has 0 bridgehead atoms. The quantitative estimate of drug-likeness (QED) is 0.769. The van der Waals surface area contributed by atoms with Crippen LogP contribution in [0.3, 0.4) is 0 Å². The molecule has 6 nitrogen and oxygen atoms in total. The highest BCUT2D eigenvalue weighted by Crippen LogP contribution is 2.39. The second kappa shape index (κ2) is 4.86. The van der Waals surface area contributed by atoms with Gasteiger partial charge in [-0.05, 0) is 33.1 Å². The van der Waals surface area contributed by atoms with Gasteiger partial charge in [-0.15, -0.1) is 0 Å². The lowest BCUT2D eigenvalue weighted by molar-refractivity contribution is -0.00697. The third kappa shape index (κ3) is 2.33. The molecule has 0 aromatic carbocycles. The van der Waals surface area contributed by atoms with Gasteiger partial charge in [0.15, 0.2) is 5.69 Å². The number of amides is 1. The van der Waals surface area contributed by atoms with E-state index in [0.717, 1.165) is 24.1 Å². The molecule has 1 saturated carbocycles. The van der Waals surface area contributed by atoms with Crippen molar-refractivity contribution in [3.8, 4) is 0 Å². The van der Waals surface area contributed by atoms with Gasteiger partial charge in [0, 0.05) is 24.1 Å². The summed E-state index contributed by atoms with van der Waals surface area (Å²) in [5.41, 5.74) is 2.14. The van der Waals surface area contributed by atoms with Gasteiger partial charge in [-0.3, -0.25) is 9.89 Å². The van der Waals surface area contributed by atoms with Crippen molar-refractivity contribution < 1.29 is 14.6 Å². The lowest BCUT2D eigenvalue weighted by atomic mass is 9.99. The predicted octanol–water partition coefficient (Wildman–Crippen LogP) is 1.08. The topological polar surface area (TPSA) is 87.2 Å². The minimum atomic E-state index is -0.208. The number of aromatic nitrogens is 2. The fraction of sp³-hybridized carbons (Fsp3) is 0.714. The van der Waals surface area contributed by atoms with Crippen LogP contribution in [0.2, 0.25) is 0 Å². The first-order valence-corrected chi connectivity index (χ1v) is 7.20. The van der Waals surface area contributed by atoms with Crippen molar-refractivity contribution in [2.75, 3.05) is 6.61 Å². The Morgan fingerprint density at radius 3 is 2.95 bits per heavy atom. The van der Waals surface area contributed by atoms with Crippen LogP contribution in [0.25, 0.3) is 0 Å². The Kier molecular flexibility index (Phi) is 3.30. The van der Waals surface area contributed by atoms with Crippen LogP contribution >= 0.6 is 0 Å². The Labute approximate surface area is 117 Å². The first-order valence-electron chi connectivity index (χ1n) is 7.20. The van der Waals surface area contributed by atoms with Crippen LogP contribution in [0.5, 0.6) is 0 Å². The van der Waals surface area contributed by atoms with Gasteiger partial charge >= 0.3 is 0 Å². The highest BCUT2D eigenvalue weighted by Gasteiger charge is 2.44. The van der Waals surface area contributed by atoms with E-state index in [1.54, 1.807) is 0 Å². The molecule has 3 N–H and O–H groups in total. The van der Waals surface area contributed by atoms with E-state index < -0.39 is 0 Å². The fourth-order valence-electron chi connectivity index (χ4n) is 2.96. The van der Waals surface area contributed by atoms with E-state index >= 15 is 0 Å². The molecule has 1 fully saturated rings. The van der Waals surface area contributed by atoms with Crippen LogP contribution in [-0.4, -0.2) is 39.5 Å². The molecule has 3 rings (SSSR count). The van der Waals surface area contributed by atoms with E-state index in [-0.39, 0.29) is 30.3 Å². The van der Waals surface area contributed by atoms with Crippen molar-refractivity contribution in [1.29, 1.82) is 0 Å². The number of aliphatic hydroxyl groups is 1. The third-order valence-electron chi connectivity index (χ3n) is 4.27. The Morgan fingerprint density at radius 1 is 1.55 bits per heavy atom. The van der Waals surface area contributed by atoms with E-state index in [9.17, 15) is 4.79 Å². The maximum Gasteiger partial charge on any atom is 0.272 e. The van der Waals surface area contributed by atoms with Crippen LogP contribution in [0.4, 0.5) is 0 Å². The minimum absolute atomic E-state index is 0.0601. The summed E-state index contributed by atoms with van der Waals surface area (Å²) in [7, 11) is 0. The molecule has 2 aliphatic rings. The van der Waals surface area contributed by atoms with Crippen molar-refractivity contribution in [2.45, 2.75) is 57.3 Å². The lowest BCUT2D eigenvalue weighted by Crippen LogP contribution is -2.38. The Balaban J connectivity index is 1.79. The summed E-state index contributed by atoms with van der Waals surface area (Å²) in [4.78, 5) is 12.4. The van der Waals surface area contributed by atoms with Crippen LogP contribution in [0.15, 0.2) is 0 Å². The monoisotopic (exact) mass is 279 g/mol. The molecule has 0 saturated heterocycles. The smallest absolute Gasteiger partial charge is 0.272 e. The molecule has 1 aromatic heterocycles. The standard InChI is InChI=1S/C14H21N3O3/c1-8-7-10-11(9(2)20-8)16-17-12(10)13(19)15-14(3-4-14)5-6-18/h8-9,18H,3-7H2,1-2H3,(H,15,19)(H,16,17)/t8-,9+/m1/s1. The highest BCUT2D eigenvalue weighted by molar-refractivity contribution is 5.94. The zero-order valence-corrected chi connectivity index (χ0v) is 11.9. The first-order chi connectivity index (χ1) is 9.54. The largest absolute Gasteiger partial charge is 0.396 e. The van der Waals surface area contributed by atoms with E-state index in [2.05, 4.69) is 15.5 Å². The van der Waals surface area contributed by atoms with E-state index in [1.807, 2.05) is 13.8 Å². The van der Waals surface area contributed by atoms with Crippen molar-refractivity contribution in [3.63, 3.8) is 0 Å². The normalized spacial score (nSPS) is 26.9. The SMILES string of the molecule is C[C@@H]1Cc2c(C(=O)NC3(CCO)CC3)n[nH]c2[C@H](C)O1. The molecule has 1 amide bonds. The molecule has 2 atom stereocenters. The van der Waals surface area contributed by atoms with E-state index in [0.29, 0.717) is 18.5 Å². The number of carbonyl (C=O) groups is 1. The van der Waals surface area contributed by atoms with Crippen LogP contribution < -0.4 is 5.32 Å². The van der Waals surface area contributed by atoms with Crippen LogP contribution in [-0.2, 0) is 11.2 Å². The van der Waals surface area contributed by atoms with Gasteiger partial charge in [0.2, 0.25) is 0 Å². The number of nitrogens with one attached hydrogen (secondary N) is 2. The first kappa shape index (κ1) is 13.6. The number of carbonyl (C=O) groups excluding carboxylic acids is 1. The molecule has 1 aliphatic carbocycles. The summed E-state index contributed by atoms with van der Waals surface area (Å²) >= 11 is 0. The highest BCUT2D eigenvalue weighted by atomic mass is 16.5. The van der Waals surface area contributed by atoms with Crippen molar-refractivity contribution in [1.82, 2.24) is 15.5 Å². The third-order valence-corrected chi connectivity index (χ3v) is 4.27. The van der Waals surface area contributed by atoms with E-state index in [1.165, 1.54) is 0 Å². The number of nitrogens with zero attached hydrogens (tertiary/aromatic N) is 1. The summed E-state index contributed by atoms with van der Waals surface area (Å²) < 4.78 is 5.72. The lowest BCUT2D eigenvalue weighted by Gasteiger charge is -2.25. The summed E-state index contributed by atoms with van der Waals surface area (Å²) in [5, 5.41) is 19.2. The number of ether oxygens (including phenoxy) is 1. The number of hydrogen-bond donors (Lipinski definition) is 3. The minimum Gasteiger partial charge on any atom is -0.396 e. The second-order valence-corrected chi connectivity index (χ2v) is 5.97. The zero-order chi connectivity index (χ0) is 14.3. The second-order valence-electron chi connectivity index (χ2n) is 5.97. The average molecular weight is 279 g/mol. The predicted molar refractivity (Wildman–Crippen MR) is 72.4 cm³/mol. The number of H-pyrrole nitrogens is 1. The number of aromatic amines is 1. The number of rotatable bonds is 4. The summed E-state index contributed by atoms with van der Waals surface area (Å²) in [5.74, 6) is -0.144. The van der Waals surface area contributed by atoms with Crippen LogP contribution in [0, 0.1) is 0 Å². The molecule has 0 radical (unpaired) electrons. The summed E-state index contributed by atoms with van der Waals surface area (Å²) in [6.07, 6.45) is 3.21. The van der Waals surface area contributed by atoms with Crippen molar-refractivity contribution in [3.05, 3.63) is 17.0 Å². The van der Waals surface area contributed by atoms with Gasteiger partial charge in [-0.25, -0.2) is 0 Å². The molecule has 20 heavy (non-hydrogen) atoms. The number of hydrogen-bond acceptors (Lipinski definition) is 4. The number of aliphatic hydroxyl groups excluding tert-OH is 1. The molecule has 0 spiro atoms. The number of fused-ring (bicyclic) bond motifs is 1. The van der Waals surface area contributed by atoms with Crippen LogP contribution in [0.1, 0.15) is 61.0 Å². The molecule has 1 aliphatic heterocycles. The van der Waals surface area contributed by atoms with Crippen molar-refractivity contribution >= 4 is 5.91 Å². The summed E-state index contributed by atoms with van der Waals surface area (Å²) in [6.45, 7) is 4.06. The van der Waals surface area contributed by atoms with Gasteiger partial charge in [-0.1, -0.05) is 0 Å². The molecular weight excluding hydrogens is 258 g/mol. The van der Waals surface area contributed by atoms with E-state index in [4.69, 9.17) is 9.84 Å². The average Bonchev–Trinajstić information content (AvgIpc) is 2.99. The maximum absolute atomic E-state index is 12.4. The van der Waals surface area contributed by atoms with Gasteiger partial charge in [0.1, 0.15) is 0 Å². The fourth-order valence-corrected chi connectivity index (χ4v) is 2.96. The van der Waals surface area contributed by atoms with Gasteiger partial charge < -0.3 is 15.2 Å². The molecule has 0 unspecified atom stereocenters. The van der Waals surface area contributed by atoms with Gasteiger partial charge in [-0.2, -0.15) is 5.10 Å². The summed E-state index contributed by atoms with van der Waals surface area (Å²) in [6, 6.07) is 0. The molecule has 2 heterocycles.